The summed E-state index contributed by atoms with van der Waals surface area (Å²) in [6, 6.07) is 13.6. The molecule has 1 amide bonds. The van der Waals surface area contributed by atoms with E-state index in [1.165, 1.54) is 0 Å². The summed E-state index contributed by atoms with van der Waals surface area (Å²) in [5.74, 6) is -0.542. The lowest BCUT2D eigenvalue weighted by Gasteiger charge is -2.08. The highest BCUT2D eigenvalue weighted by Gasteiger charge is 2.08. The van der Waals surface area contributed by atoms with Crippen molar-refractivity contribution in [3.63, 3.8) is 0 Å². The van der Waals surface area contributed by atoms with E-state index in [0.29, 0.717) is 22.3 Å². The van der Waals surface area contributed by atoms with Gasteiger partial charge < -0.3 is 14.8 Å². The summed E-state index contributed by atoms with van der Waals surface area (Å²) in [5.41, 5.74) is 0.894. The van der Waals surface area contributed by atoms with Gasteiger partial charge in [0, 0.05) is 16.6 Å². The summed E-state index contributed by atoms with van der Waals surface area (Å²) in [7, 11) is 0. The van der Waals surface area contributed by atoms with Crippen molar-refractivity contribution >= 4 is 35.1 Å². The molecule has 5 nitrogen and oxygen atoms in total. The van der Waals surface area contributed by atoms with Crippen LogP contribution in [0.1, 0.15) is 5.56 Å². The number of amides is 1. The van der Waals surface area contributed by atoms with E-state index in [1.54, 1.807) is 48.5 Å². The Bertz CT molecular complexity index is 625. The van der Waals surface area contributed by atoms with Crippen molar-refractivity contribution < 1.29 is 19.1 Å². The molecule has 0 spiro atoms. The van der Waals surface area contributed by atoms with Gasteiger partial charge in [0.15, 0.2) is 13.2 Å². The molecule has 0 fully saturated rings. The van der Waals surface area contributed by atoms with Crippen molar-refractivity contribution in [1.29, 1.82) is 0 Å². The van der Waals surface area contributed by atoms with Gasteiger partial charge in [0.2, 0.25) is 0 Å². The first kappa shape index (κ1) is 18.1. The van der Waals surface area contributed by atoms with E-state index in [0.717, 1.165) is 5.56 Å². The van der Waals surface area contributed by atoms with Crippen molar-refractivity contribution in [2.45, 2.75) is 6.54 Å². The van der Waals surface area contributed by atoms with Crippen molar-refractivity contribution in [1.82, 2.24) is 5.32 Å². The Hall–Kier alpha value is -2.24. The van der Waals surface area contributed by atoms with Gasteiger partial charge in [-0.2, -0.15) is 0 Å². The van der Waals surface area contributed by atoms with Crippen molar-refractivity contribution in [3.05, 3.63) is 64.1 Å². The van der Waals surface area contributed by atoms with Gasteiger partial charge in [-0.05, 0) is 42.0 Å². The molecule has 24 heavy (non-hydrogen) atoms. The number of rotatable bonds is 7. The molecule has 126 valence electrons. The van der Waals surface area contributed by atoms with Gasteiger partial charge in [-0.3, -0.25) is 4.79 Å². The SMILES string of the molecule is O=C(COC(=O)COc1ccc(Cl)cc1)NCc1ccc(Cl)cc1. The minimum Gasteiger partial charge on any atom is -0.482 e. The molecule has 7 heteroatoms. The van der Waals surface area contributed by atoms with Gasteiger partial charge in [-0.15, -0.1) is 0 Å². The zero-order valence-electron chi connectivity index (χ0n) is 12.6. The second-order valence-corrected chi connectivity index (χ2v) is 5.68. The van der Waals surface area contributed by atoms with E-state index in [2.05, 4.69) is 5.32 Å². The van der Waals surface area contributed by atoms with Crippen LogP contribution in [-0.4, -0.2) is 25.1 Å². The third-order valence-corrected chi connectivity index (χ3v) is 3.44. The average Bonchev–Trinajstić information content (AvgIpc) is 2.59. The molecule has 0 saturated carbocycles. The first-order valence-electron chi connectivity index (χ1n) is 7.08. The number of hydrogen-bond donors (Lipinski definition) is 1. The number of hydrogen-bond acceptors (Lipinski definition) is 4. The fraction of sp³-hybridized carbons (Fsp3) is 0.176. The molecule has 2 aromatic carbocycles. The zero-order valence-corrected chi connectivity index (χ0v) is 14.1. The van der Waals surface area contributed by atoms with Crippen molar-refractivity contribution in [3.8, 4) is 5.75 Å². The summed E-state index contributed by atoms with van der Waals surface area (Å²) in [6.07, 6.45) is 0. The number of esters is 1. The molecule has 0 aliphatic heterocycles. The van der Waals surface area contributed by atoms with E-state index in [-0.39, 0.29) is 13.2 Å². The smallest absolute Gasteiger partial charge is 0.344 e. The molecule has 0 heterocycles. The Labute approximate surface area is 149 Å². The molecule has 1 N–H and O–H groups in total. The first-order chi connectivity index (χ1) is 11.5. The third kappa shape index (κ3) is 6.48. The van der Waals surface area contributed by atoms with Gasteiger partial charge in [0.05, 0.1) is 0 Å². The fourth-order valence-electron chi connectivity index (χ4n) is 1.71. The zero-order chi connectivity index (χ0) is 17.4. The Morgan fingerprint density at radius 1 is 0.875 bits per heavy atom. The third-order valence-electron chi connectivity index (χ3n) is 2.94. The summed E-state index contributed by atoms with van der Waals surface area (Å²) >= 11 is 11.5. The number of benzene rings is 2. The Morgan fingerprint density at radius 3 is 2.08 bits per heavy atom. The minimum absolute atomic E-state index is 0.286. The van der Waals surface area contributed by atoms with Crippen LogP contribution in [0.15, 0.2) is 48.5 Å². The minimum atomic E-state index is -0.633. The van der Waals surface area contributed by atoms with Gasteiger partial charge in [0.1, 0.15) is 5.75 Å². The molecule has 2 aromatic rings. The van der Waals surface area contributed by atoms with E-state index in [1.807, 2.05) is 0 Å². The molecule has 0 bridgehead atoms. The number of nitrogens with one attached hydrogen (secondary N) is 1. The summed E-state index contributed by atoms with van der Waals surface area (Å²) in [6.45, 7) is -0.322. The van der Waals surface area contributed by atoms with Crippen LogP contribution in [0.25, 0.3) is 0 Å². The highest BCUT2D eigenvalue weighted by atomic mass is 35.5. The van der Waals surface area contributed by atoms with Crippen LogP contribution in [0.5, 0.6) is 5.75 Å². The summed E-state index contributed by atoms with van der Waals surface area (Å²) in [4.78, 5) is 23.2. The molecule has 0 radical (unpaired) electrons. The lowest BCUT2D eigenvalue weighted by molar-refractivity contribution is -0.150. The standard InChI is InChI=1S/C17H15Cl2NO4/c18-13-3-1-12(2-4-13)9-20-16(21)10-24-17(22)11-23-15-7-5-14(19)6-8-15/h1-8H,9-11H2,(H,20,21). The highest BCUT2D eigenvalue weighted by molar-refractivity contribution is 6.30. The average molecular weight is 368 g/mol. The maximum atomic E-state index is 11.6. The maximum absolute atomic E-state index is 11.6. The Kier molecular flexibility index (Phi) is 6.90. The molecular formula is C17H15Cl2NO4. The quantitative estimate of drug-likeness (QED) is 0.763. The van der Waals surface area contributed by atoms with Crippen LogP contribution in [0.4, 0.5) is 0 Å². The second-order valence-electron chi connectivity index (χ2n) is 4.81. The molecule has 0 aliphatic rings. The van der Waals surface area contributed by atoms with E-state index in [9.17, 15) is 9.59 Å². The lowest BCUT2D eigenvalue weighted by atomic mass is 10.2. The van der Waals surface area contributed by atoms with Crippen LogP contribution in [-0.2, 0) is 20.9 Å². The molecule has 0 atom stereocenters. The molecule has 0 saturated heterocycles. The highest BCUT2D eigenvalue weighted by Crippen LogP contribution is 2.15. The van der Waals surface area contributed by atoms with Crippen LogP contribution in [0.3, 0.4) is 0 Å². The molecule has 0 unspecified atom stereocenters. The van der Waals surface area contributed by atoms with Crippen molar-refractivity contribution in [2.75, 3.05) is 13.2 Å². The molecule has 2 rings (SSSR count). The lowest BCUT2D eigenvalue weighted by Crippen LogP contribution is -2.29. The maximum Gasteiger partial charge on any atom is 0.344 e. The van der Waals surface area contributed by atoms with Crippen LogP contribution < -0.4 is 10.1 Å². The van der Waals surface area contributed by atoms with Gasteiger partial charge in [-0.1, -0.05) is 35.3 Å². The largest absolute Gasteiger partial charge is 0.482 e. The predicted octanol–water partition coefficient (Wildman–Crippen LogP) is 3.23. The van der Waals surface area contributed by atoms with Gasteiger partial charge >= 0.3 is 5.97 Å². The monoisotopic (exact) mass is 367 g/mol. The van der Waals surface area contributed by atoms with Crippen LogP contribution in [0, 0.1) is 0 Å². The second kappa shape index (κ2) is 9.15. The number of carbonyl (C=O) groups is 2. The van der Waals surface area contributed by atoms with E-state index in [4.69, 9.17) is 32.7 Å². The molecule has 0 aliphatic carbocycles. The Morgan fingerprint density at radius 2 is 1.46 bits per heavy atom. The van der Waals surface area contributed by atoms with E-state index < -0.39 is 11.9 Å². The normalized spacial score (nSPS) is 10.1. The fourth-order valence-corrected chi connectivity index (χ4v) is 1.97. The molecular weight excluding hydrogens is 353 g/mol. The number of carbonyl (C=O) groups excluding carboxylic acids is 2. The van der Waals surface area contributed by atoms with Crippen LogP contribution in [0.2, 0.25) is 10.0 Å². The van der Waals surface area contributed by atoms with E-state index >= 15 is 0 Å². The molecule has 0 aromatic heterocycles. The van der Waals surface area contributed by atoms with Gasteiger partial charge in [0.25, 0.3) is 5.91 Å². The predicted molar refractivity (Wildman–Crippen MR) is 91.2 cm³/mol. The number of ether oxygens (including phenoxy) is 2. The first-order valence-corrected chi connectivity index (χ1v) is 7.83. The summed E-state index contributed by atoms with van der Waals surface area (Å²) < 4.78 is 10.1. The Balaban J connectivity index is 1.64. The van der Waals surface area contributed by atoms with Crippen molar-refractivity contribution in [2.24, 2.45) is 0 Å². The number of halogens is 2. The summed E-state index contributed by atoms with van der Waals surface area (Å²) in [5, 5.41) is 3.84. The van der Waals surface area contributed by atoms with Crippen LogP contribution >= 0.6 is 23.2 Å². The van der Waals surface area contributed by atoms with Gasteiger partial charge in [-0.25, -0.2) is 4.79 Å². The topological polar surface area (TPSA) is 64.6 Å².